The molecule has 0 spiro atoms. The fraction of sp³-hybridized carbons (Fsp3) is 0.333. The number of aryl methyl sites for hydroxylation is 2. The van der Waals surface area contributed by atoms with Gasteiger partial charge in [-0.25, -0.2) is 0 Å². The Morgan fingerprint density at radius 2 is 2.00 bits per heavy atom. The second kappa shape index (κ2) is 3.17. The van der Waals surface area contributed by atoms with E-state index in [0.29, 0.717) is 11.6 Å². The van der Waals surface area contributed by atoms with E-state index in [0.717, 1.165) is 17.0 Å². The summed E-state index contributed by atoms with van der Waals surface area (Å²) in [6, 6.07) is 1.85. The Hall–Kier alpha value is -1.78. The lowest BCUT2D eigenvalue weighted by Gasteiger charge is -1.94. The molecule has 0 amide bonds. The Morgan fingerprint density at radius 3 is 2.57 bits per heavy atom. The molecular weight excluding hydrogens is 182 g/mol. The molecule has 0 fully saturated rings. The highest BCUT2D eigenvalue weighted by atomic mass is 16.5. The third kappa shape index (κ3) is 1.26. The predicted octanol–water partition coefficient (Wildman–Crippen LogP) is 1.99. The standard InChI is InChI=1S/C9H11N3O2/c1-5-4-7(13-11-5)8-6(2)12-14-9(8)10-3/h4,10H,1-3H3. The molecule has 0 aliphatic carbocycles. The molecule has 2 aromatic rings. The number of aromatic nitrogens is 2. The summed E-state index contributed by atoms with van der Waals surface area (Å²) in [6.45, 7) is 3.73. The lowest BCUT2D eigenvalue weighted by molar-refractivity contribution is 0.423. The van der Waals surface area contributed by atoms with E-state index in [1.807, 2.05) is 19.9 Å². The molecule has 0 aliphatic rings. The average molecular weight is 193 g/mol. The predicted molar refractivity (Wildman–Crippen MR) is 51.0 cm³/mol. The third-order valence-electron chi connectivity index (χ3n) is 1.96. The van der Waals surface area contributed by atoms with Crippen molar-refractivity contribution < 1.29 is 9.05 Å². The molecule has 1 N–H and O–H groups in total. The molecule has 14 heavy (non-hydrogen) atoms. The van der Waals surface area contributed by atoms with Gasteiger partial charge >= 0.3 is 0 Å². The summed E-state index contributed by atoms with van der Waals surface area (Å²) < 4.78 is 10.2. The van der Waals surface area contributed by atoms with Gasteiger partial charge in [-0.1, -0.05) is 10.3 Å². The molecule has 2 rings (SSSR count). The van der Waals surface area contributed by atoms with E-state index in [2.05, 4.69) is 15.6 Å². The van der Waals surface area contributed by atoms with Gasteiger partial charge in [0.1, 0.15) is 5.56 Å². The molecule has 0 unspecified atom stereocenters. The lowest BCUT2D eigenvalue weighted by Crippen LogP contribution is -1.87. The Morgan fingerprint density at radius 1 is 1.21 bits per heavy atom. The van der Waals surface area contributed by atoms with Crippen molar-refractivity contribution in [1.29, 1.82) is 0 Å². The smallest absolute Gasteiger partial charge is 0.235 e. The van der Waals surface area contributed by atoms with Crippen molar-refractivity contribution in [3.05, 3.63) is 17.5 Å². The molecule has 0 atom stereocenters. The largest absolute Gasteiger partial charge is 0.356 e. The maximum absolute atomic E-state index is 5.14. The minimum absolute atomic E-state index is 0.596. The summed E-state index contributed by atoms with van der Waals surface area (Å²) in [7, 11) is 1.77. The van der Waals surface area contributed by atoms with Crippen LogP contribution >= 0.6 is 0 Å². The van der Waals surface area contributed by atoms with Gasteiger partial charge in [-0.05, 0) is 13.8 Å². The molecule has 0 aliphatic heterocycles. The second-order valence-electron chi connectivity index (χ2n) is 3.05. The second-order valence-corrected chi connectivity index (χ2v) is 3.05. The first kappa shape index (κ1) is 8.80. The molecule has 74 valence electrons. The Balaban J connectivity index is 2.54. The van der Waals surface area contributed by atoms with Crippen LogP contribution in [0.15, 0.2) is 15.1 Å². The summed E-state index contributed by atoms with van der Waals surface area (Å²) in [6.07, 6.45) is 0. The fourth-order valence-electron chi connectivity index (χ4n) is 1.31. The topological polar surface area (TPSA) is 64.1 Å². The zero-order chi connectivity index (χ0) is 10.1. The zero-order valence-corrected chi connectivity index (χ0v) is 8.29. The number of hydrogen-bond acceptors (Lipinski definition) is 5. The van der Waals surface area contributed by atoms with E-state index in [1.54, 1.807) is 7.05 Å². The summed E-state index contributed by atoms with van der Waals surface area (Å²) in [5.74, 6) is 1.27. The van der Waals surface area contributed by atoms with Crippen molar-refractivity contribution in [2.45, 2.75) is 13.8 Å². The van der Waals surface area contributed by atoms with Crippen molar-refractivity contribution in [2.75, 3.05) is 12.4 Å². The summed E-state index contributed by atoms with van der Waals surface area (Å²) in [4.78, 5) is 0. The average Bonchev–Trinajstić information content (AvgIpc) is 2.71. The molecule has 0 saturated carbocycles. The van der Waals surface area contributed by atoms with Gasteiger partial charge in [0.2, 0.25) is 5.88 Å². The van der Waals surface area contributed by atoms with Crippen LogP contribution in [0.5, 0.6) is 0 Å². The van der Waals surface area contributed by atoms with Gasteiger partial charge in [0.05, 0.1) is 11.4 Å². The monoisotopic (exact) mass is 193 g/mol. The maximum Gasteiger partial charge on any atom is 0.235 e. The van der Waals surface area contributed by atoms with Gasteiger partial charge in [-0.15, -0.1) is 0 Å². The first-order chi connectivity index (χ1) is 6.72. The highest BCUT2D eigenvalue weighted by Crippen LogP contribution is 2.31. The zero-order valence-electron chi connectivity index (χ0n) is 8.29. The van der Waals surface area contributed by atoms with Gasteiger partial charge in [0, 0.05) is 13.1 Å². The number of anilines is 1. The van der Waals surface area contributed by atoms with Gasteiger partial charge in [0.15, 0.2) is 5.76 Å². The van der Waals surface area contributed by atoms with Gasteiger partial charge < -0.3 is 14.4 Å². The van der Waals surface area contributed by atoms with E-state index >= 15 is 0 Å². The SMILES string of the molecule is CNc1onc(C)c1-c1cc(C)no1. The molecular formula is C9H11N3O2. The van der Waals surface area contributed by atoms with Crippen LogP contribution in [0.2, 0.25) is 0 Å². The van der Waals surface area contributed by atoms with Gasteiger partial charge in [-0.3, -0.25) is 0 Å². The minimum atomic E-state index is 0.596. The quantitative estimate of drug-likeness (QED) is 0.790. The van der Waals surface area contributed by atoms with E-state index in [1.165, 1.54) is 0 Å². The fourth-order valence-corrected chi connectivity index (χ4v) is 1.31. The van der Waals surface area contributed by atoms with Crippen LogP contribution in [0.1, 0.15) is 11.4 Å². The van der Waals surface area contributed by atoms with Crippen molar-refractivity contribution in [3.63, 3.8) is 0 Å². The highest BCUT2D eigenvalue weighted by Gasteiger charge is 2.17. The van der Waals surface area contributed by atoms with Crippen molar-refractivity contribution in [1.82, 2.24) is 10.3 Å². The van der Waals surface area contributed by atoms with Crippen molar-refractivity contribution >= 4 is 5.88 Å². The molecule has 2 heterocycles. The number of nitrogens with zero attached hydrogens (tertiary/aromatic N) is 2. The Kier molecular flexibility index (Phi) is 1.99. The number of rotatable bonds is 2. The molecule has 5 heteroatoms. The lowest BCUT2D eigenvalue weighted by atomic mass is 10.2. The number of nitrogens with one attached hydrogen (secondary N) is 1. The molecule has 2 aromatic heterocycles. The minimum Gasteiger partial charge on any atom is -0.356 e. The Bertz CT molecular complexity index is 445. The van der Waals surface area contributed by atoms with Crippen LogP contribution in [0.4, 0.5) is 5.88 Å². The van der Waals surface area contributed by atoms with E-state index in [9.17, 15) is 0 Å². The van der Waals surface area contributed by atoms with Crippen LogP contribution < -0.4 is 5.32 Å². The third-order valence-corrected chi connectivity index (χ3v) is 1.96. The van der Waals surface area contributed by atoms with E-state index in [-0.39, 0.29) is 0 Å². The Labute approximate surface area is 81.1 Å². The van der Waals surface area contributed by atoms with E-state index in [4.69, 9.17) is 9.05 Å². The van der Waals surface area contributed by atoms with Crippen LogP contribution in [0, 0.1) is 13.8 Å². The maximum atomic E-state index is 5.14. The van der Waals surface area contributed by atoms with Crippen LogP contribution in [0.3, 0.4) is 0 Å². The van der Waals surface area contributed by atoms with Crippen LogP contribution in [-0.2, 0) is 0 Å². The molecule has 0 saturated heterocycles. The molecule has 0 bridgehead atoms. The first-order valence-electron chi connectivity index (χ1n) is 4.30. The van der Waals surface area contributed by atoms with Crippen molar-refractivity contribution in [2.24, 2.45) is 0 Å². The number of hydrogen-bond donors (Lipinski definition) is 1. The molecule has 0 radical (unpaired) electrons. The molecule has 5 nitrogen and oxygen atoms in total. The molecule has 0 aromatic carbocycles. The summed E-state index contributed by atoms with van der Waals surface area (Å²) in [5.41, 5.74) is 2.45. The van der Waals surface area contributed by atoms with Crippen LogP contribution in [0.25, 0.3) is 11.3 Å². The van der Waals surface area contributed by atoms with Crippen LogP contribution in [-0.4, -0.2) is 17.4 Å². The summed E-state index contributed by atoms with van der Waals surface area (Å²) >= 11 is 0. The van der Waals surface area contributed by atoms with E-state index < -0.39 is 0 Å². The van der Waals surface area contributed by atoms with Gasteiger partial charge in [0.25, 0.3) is 0 Å². The van der Waals surface area contributed by atoms with Crippen molar-refractivity contribution in [3.8, 4) is 11.3 Å². The van der Waals surface area contributed by atoms with Gasteiger partial charge in [-0.2, -0.15) is 0 Å². The first-order valence-corrected chi connectivity index (χ1v) is 4.30. The highest BCUT2D eigenvalue weighted by molar-refractivity contribution is 5.72. The summed E-state index contributed by atoms with van der Waals surface area (Å²) in [5, 5.41) is 10.6. The normalized spacial score (nSPS) is 10.5.